The molecule has 1 aliphatic carbocycles. The number of hydrogen-bond donors (Lipinski definition) is 13. The molecule has 2 unspecified atom stereocenters. The normalized spacial score (nSPS) is 19.1. The third-order valence-electron chi connectivity index (χ3n) is 8.43. The van der Waals surface area contributed by atoms with Gasteiger partial charge in [0.05, 0.1) is 28.9 Å². The van der Waals surface area contributed by atoms with Crippen molar-refractivity contribution in [1.29, 1.82) is 0 Å². The molecule has 0 aromatic heterocycles. The molecule has 4 aromatic rings. The quantitative estimate of drug-likeness (QED) is 0.0647. The first kappa shape index (κ1) is 39.5. The summed E-state index contributed by atoms with van der Waals surface area (Å²) in [5, 5.41) is 130. The van der Waals surface area contributed by atoms with Crippen LogP contribution in [-0.4, -0.2) is 121 Å². The van der Waals surface area contributed by atoms with Crippen LogP contribution in [0.25, 0.3) is 0 Å². The number of carbonyl (C=O) groups is 4. The summed E-state index contributed by atoms with van der Waals surface area (Å²) in [5.74, 6) is -18.7. The van der Waals surface area contributed by atoms with E-state index >= 15 is 0 Å². The summed E-state index contributed by atoms with van der Waals surface area (Å²) < 4.78 is 21.6. The van der Waals surface area contributed by atoms with E-state index in [0.29, 0.717) is 36.4 Å². The van der Waals surface area contributed by atoms with E-state index in [2.05, 4.69) is 0 Å². The lowest BCUT2D eigenvalue weighted by Crippen LogP contribution is -2.58. The Morgan fingerprint density at radius 1 is 0.446 bits per heavy atom. The van der Waals surface area contributed by atoms with Crippen molar-refractivity contribution in [3.8, 4) is 69.0 Å². The standard InChI is InChI=1S/C35H30O21/c36-16-1-11(2-17(37)25(16)44)32(49)53-10-15-9-24(54-33(50)12-3-18(38)26(45)19(39)4-12)31(56-35(52)14-7-22(42)28(47)23(43)8-14)29(48)30(15)55-34(51)13-5-20(40)27(46)21(41)6-13/h1-8,15,24,29-31,36-48H,9-10H2/t15?,24-,29?,30-,31-/m1/s1. The molecule has 21 heteroatoms. The van der Waals surface area contributed by atoms with E-state index in [1.165, 1.54) is 0 Å². The number of esters is 4. The van der Waals surface area contributed by atoms with Gasteiger partial charge in [0.15, 0.2) is 75.1 Å². The molecule has 0 bridgehead atoms. The number of aliphatic hydroxyl groups is 1. The molecule has 1 saturated carbocycles. The Hall–Kier alpha value is -7.68. The number of phenols is 12. The molecule has 1 fully saturated rings. The number of rotatable bonds is 9. The maximum atomic E-state index is 13.3. The highest BCUT2D eigenvalue weighted by molar-refractivity contribution is 5.93. The Labute approximate surface area is 311 Å². The molecule has 0 spiro atoms. The lowest BCUT2D eigenvalue weighted by molar-refractivity contribution is -0.168. The van der Waals surface area contributed by atoms with E-state index < -0.39 is 158 Å². The summed E-state index contributed by atoms with van der Waals surface area (Å²) in [6, 6.07) is 5.42. The number of aliphatic hydroxyl groups excluding tert-OH is 1. The Morgan fingerprint density at radius 3 is 1.07 bits per heavy atom. The van der Waals surface area contributed by atoms with Crippen LogP contribution in [0.15, 0.2) is 48.5 Å². The van der Waals surface area contributed by atoms with Crippen LogP contribution in [0, 0.1) is 5.92 Å². The van der Waals surface area contributed by atoms with Gasteiger partial charge in [-0.1, -0.05) is 0 Å². The van der Waals surface area contributed by atoms with Crippen molar-refractivity contribution >= 4 is 23.9 Å². The first-order valence-corrected chi connectivity index (χ1v) is 15.7. The minimum absolute atomic E-state index is 0.514. The maximum Gasteiger partial charge on any atom is 0.338 e. The number of phenolic OH excluding ortho intramolecular Hbond substituents is 12. The Morgan fingerprint density at radius 2 is 0.732 bits per heavy atom. The summed E-state index contributed by atoms with van der Waals surface area (Å²) in [4.78, 5) is 52.9. The van der Waals surface area contributed by atoms with Crippen LogP contribution < -0.4 is 0 Å². The number of benzene rings is 4. The second-order valence-corrected chi connectivity index (χ2v) is 12.2. The highest BCUT2D eigenvalue weighted by atomic mass is 16.6. The highest BCUT2D eigenvalue weighted by Crippen LogP contribution is 2.41. The summed E-state index contributed by atoms with van der Waals surface area (Å²) in [6.45, 7) is -0.864. The van der Waals surface area contributed by atoms with Crippen molar-refractivity contribution in [3.05, 3.63) is 70.8 Å². The van der Waals surface area contributed by atoms with Gasteiger partial charge in [-0.15, -0.1) is 0 Å². The molecule has 0 saturated heterocycles. The van der Waals surface area contributed by atoms with E-state index in [-0.39, 0.29) is 0 Å². The van der Waals surface area contributed by atoms with E-state index in [1.807, 2.05) is 0 Å². The molecule has 296 valence electrons. The van der Waals surface area contributed by atoms with Crippen molar-refractivity contribution in [2.45, 2.75) is 30.8 Å². The number of carbonyl (C=O) groups excluding carboxylic acids is 4. The van der Waals surface area contributed by atoms with Crippen LogP contribution in [0.1, 0.15) is 47.9 Å². The lowest BCUT2D eigenvalue weighted by atomic mass is 9.80. The van der Waals surface area contributed by atoms with Gasteiger partial charge in [-0.05, 0) is 55.0 Å². The van der Waals surface area contributed by atoms with Crippen LogP contribution in [0.3, 0.4) is 0 Å². The van der Waals surface area contributed by atoms with Crippen molar-refractivity contribution in [3.63, 3.8) is 0 Å². The fraction of sp³-hybridized carbons (Fsp3) is 0.200. The topological polar surface area (TPSA) is 368 Å². The fourth-order valence-electron chi connectivity index (χ4n) is 5.58. The van der Waals surface area contributed by atoms with E-state index in [1.54, 1.807) is 0 Å². The van der Waals surface area contributed by atoms with Crippen LogP contribution in [0.5, 0.6) is 69.0 Å². The zero-order valence-corrected chi connectivity index (χ0v) is 28.0. The SMILES string of the molecule is O=C(OCC1C[C@@H](OC(=O)c2cc(O)c(O)c(O)c2)[C@@H](OC(=O)c2cc(O)c(O)c(O)c2)C(O)[C@@H]1OC(=O)c1cc(O)c(O)c(O)c1)c1cc(O)c(O)c(O)c1. The molecule has 13 N–H and O–H groups in total. The van der Waals surface area contributed by atoms with Crippen molar-refractivity contribution in [1.82, 2.24) is 0 Å². The molecule has 5 rings (SSSR count). The first-order valence-electron chi connectivity index (χ1n) is 15.7. The van der Waals surface area contributed by atoms with Gasteiger partial charge >= 0.3 is 23.9 Å². The molecular weight excluding hydrogens is 756 g/mol. The van der Waals surface area contributed by atoms with Gasteiger partial charge < -0.3 is 85.3 Å². The highest BCUT2D eigenvalue weighted by Gasteiger charge is 2.51. The zero-order chi connectivity index (χ0) is 41.3. The van der Waals surface area contributed by atoms with Crippen molar-refractivity contribution < 1.29 is 105 Å². The minimum atomic E-state index is -2.28. The third-order valence-corrected chi connectivity index (χ3v) is 8.43. The average molecular weight is 787 g/mol. The molecule has 56 heavy (non-hydrogen) atoms. The van der Waals surface area contributed by atoms with Crippen LogP contribution in [0.2, 0.25) is 0 Å². The number of hydrogen-bond acceptors (Lipinski definition) is 21. The summed E-state index contributed by atoms with van der Waals surface area (Å²) >= 11 is 0. The minimum Gasteiger partial charge on any atom is -0.504 e. The Kier molecular flexibility index (Phi) is 10.8. The van der Waals surface area contributed by atoms with E-state index in [4.69, 9.17) is 18.9 Å². The zero-order valence-electron chi connectivity index (χ0n) is 28.0. The van der Waals surface area contributed by atoms with Gasteiger partial charge in [0.2, 0.25) is 0 Å². The predicted octanol–water partition coefficient (Wildman–Crippen LogP) is 1.37. The fourth-order valence-corrected chi connectivity index (χ4v) is 5.58. The first-order chi connectivity index (χ1) is 26.3. The lowest BCUT2D eigenvalue weighted by Gasteiger charge is -2.42. The monoisotopic (exact) mass is 786 g/mol. The average Bonchev–Trinajstić information content (AvgIpc) is 3.14. The van der Waals surface area contributed by atoms with Crippen molar-refractivity contribution in [2.24, 2.45) is 5.92 Å². The summed E-state index contributed by atoms with van der Waals surface area (Å²) in [6.07, 6.45) is -8.79. The maximum absolute atomic E-state index is 13.3. The Bertz CT molecular complexity index is 2140. The van der Waals surface area contributed by atoms with Gasteiger partial charge in [-0.2, -0.15) is 0 Å². The van der Waals surface area contributed by atoms with Crippen LogP contribution in [0.4, 0.5) is 0 Å². The number of ether oxygens (including phenoxy) is 4. The molecular formula is C35H30O21. The molecule has 0 heterocycles. The van der Waals surface area contributed by atoms with Gasteiger partial charge in [-0.25, -0.2) is 19.2 Å². The molecule has 1 aliphatic rings. The van der Waals surface area contributed by atoms with Gasteiger partial charge in [0.1, 0.15) is 18.3 Å². The largest absolute Gasteiger partial charge is 0.504 e. The molecule has 0 radical (unpaired) electrons. The third kappa shape index (κ3) is 7.96. The van der Waals surface area contributed by atoms with Gasteiger partial charge in [0, 0.05) is 5.92 Å². The molecule has 21 nitrogen and oxygen atoms in total. The Balaban J connectivity index is 1.54. The van der Waals surface area contributed by atoms with Crippen LogP contribution >= 0.6 is 0 Å². The van der Waals surface area contributed by atoms with Crippen molar-refractivity contribution in [2.75, 3.05) is 6.61 Å². The molecule has 5 atom stereocenters. The predicted molar refractivity (Wildman–Crippen MR) is 178 cm³/mol. The van der Waals surface area contributed by atoms with Gasteiger partial charge in [0.25, 0.3) is 0 Å². The van der Waals surface area contributed by atoms with E-state index in [9.17, 15) is 85.6 Å². The summed E-state index contributed by atoms with van der Waals surface area (Å²) in [7, 11) is 0. The molecule has 4 aromatic carbocycles. The number of aromatic hydroxyl groups is 12. The van der Waals surface area contributed by atoms with Gasteiger partial charge in [-0.3, -0.25) is 0 Å². The molecule has 0 amide bonds. The second-order valence-electron chi connectivity index (χ2n) is 12.2. The van der Waals surface area contributed by atoms with E-state index in [0.717, 1.165) is 12.1 Å². The molecule has 0 aliphatic heterocycles. The smallest absolute Gasteiger partial charge is 0.338 e. The van der Waals surface area contributed by atoms with Crippen LogP contribution in [-0.2, 0) is 18.9 Å². The second kappa shape index (κ2) is 15.4. The summed E-state index contributed by atoms with van der Waals surface area (Å²) in [5.41, 5.74) is -2.36.